The molecule has 2 aromatic carbocycles. The molecule has 132 valence electrons. The Kier molecular flexibility index (Phi) is 4.12. The van der Waals surface area contributed by atoms with Crippen molar-refractivity contribution in [1.82, 2.24) is 9.97 Å². The van der Waals surface area contributed by atoms with Crippen LogP contribution in [0.5, 0.6) is 0 Å². The fourth-order valence-corrected chi connectivity index (χ4v) is 3.46. The Labute approximate surface area is 151 Å². The Hall–Kier alpha value is -3.22. The number of aromatic nitrogens is 2. The number of nitro groups is 1. The van der Waals surface area contributed by atoms with E-state index in [1.165, 1.54) is 5.56 Å². The number of benzene rings is 2. The molecule has 1 aliphatic heterocycles. The van der Waals surface area contributed by atoms with Gasteiger partial charge in [0.05, 0.1) is 10.4 Å². The molecule has 0 spiro atoms. The summed E-state index contributed by atoms with van der Waals surface area (Å²) in [4.78, 5) is 23.9. The van der Waals surface area contributed by atoms with Gasteiger partial charge >= 0.3 is 0 Å². The number of rotatable bonds is 3. The Morgan fingerprint density at radius 2 is 1.65 bits per heavy atom. The van der Waals surface area contributed by atoms with E-state index in [1.807, 2.05) is 24.3 Å². The number of aryl methyl sites for hydroxylation is 1. The maximum Gasteiger partial charge on any atom is 0.269 e. The number of piperazine rings is 1. The third-order valence-corrected chi connectivity index (χ3v) is 4.86. The van der Waals surface area contributed by atoms with Crippen molar-refractivity contribution < 1.29 is 4.92 Å². The molecule has 7 nitrogen and oxygen atoms in total. The van der Waals surface area contributed by atoms with Gasteiger partial charge in [-0.2, -0.15) is 0 Å². The summed E-state index contributed by atoms with van der Waals surface area (Å²) in [5.41, 5.74) is 3.28. The van der Waals surface area contributed by atoms with Crippen LogP contribution in [0.1, 0.15) is 5.56 Å². The van der Waals surface area contributed by atoms with Gasteiger partial charge in [-0.05, 0) is 30.7 Å². The van der Waals surface area contributed by atoms with E-state index in [2.05, 4.69) is 32.8 Å². The number of anilines is 2. The zero-order valence-electron chi connectivity index (χ0n) is 14.5. The third kappa shape index (κ3) is 2.92. The molecule has 3 aromatic rings. The number of hydrogen-bond donors (Lipinski definition) is 0. The van der Waals surface area contributed by atoms with Crippen LogP contribution in [0.2, 0.25) is 0 Å². The van der Waals surface area contributed by atoms with Gasteiger partial charge in [0.15, 0.2) is 0 Å². The van der Waals surface area contributed by atoms with E-state index in [4.69, 9.17) is 0 Å². The van der Waals surface area contributed by atoms with Crippen molar-refractivity contribution in [2.24, 2.45) is 0 Å². The van der Waals surface area contributed by atoms with E-state index in [0.717, 1.165) is 48.6 Å². The first-order valence-corrected chi connectivity index (χ1v) is 8.58. The van der Waals surface area contributed by atoms with E-state index in [-0.39, 0.29) is 10.6 Å². The number of fused-ring (bicyclic) bond motifs is 1. The van der Waals surface area contributed by atoms with Crippen LogP contribution in [-0.2, 0) is 0 Å². The number of nitrogens with zero attached hydrogens (tertiary/aromatic N) is 5. The first-order chi connectivity index (χ1) is 12.6. The van der Waals surface area contributed by atoms with Crippen LogP contribution in [0.15, 0.2) is 48.8 Å². The van der Waals surface area contributed by atoms with Crippen molar-refractivity contribution in [3.05, 3.63) is 64.5 Å². The maximum atomic E-state index is 10.8. The highest BCUT2D eigenvalue weighted by molar-refractivity contribution is 5.92. The normalized spacial score (nSPS) is 14.7. The Morgan fingerprint density at radius 1 is 0.962 bits per heavy atom. The van der Waals surface area contributed by atoms with Crippen LogP contribution in [0.25, 0.3) is 10.9 Å². The molecule has 1 aliphatic rings. The molecule has 1 saturated heterocycles. The summed E-state index contributed by atoms with van der Waals surface area (Å²) in [6, 6.07) is 12.9. The third-order valence-electron chi connectivity index (χ3n) is 4.86. The van der Waals surface area contributed by atoms with Crippen LogP contribution >= 0.6 is 0 Å². The summed E-state index contributed by atoms with van der Waals surface area (Å²) in [6.07, 6.45) is 1.62. The molecule has 1 fully saturated rings. The molecular weight excluding hydrogens is 330 g/mol. The lowest BCUT2D eigenvalue weighted by atomic mass is 10.1. The lowest BCUT2D eigenvalue weighted by molar-refractivity contribution is -0.384. The Balaban J connectivity index is 1.53. The average Bonchev–Trinajstić information content (AvgIpc) is 2.68. The van der Waals surface area contributed by atoms with Crippen LogP contribution in [-0.4, -0.2) is 41.1 Å². The van der Waals surface area contributed by atoms with Gasteiger partial charge in [-0.25, -0.2) is 9.97 Å². The zero-order valence-corrected chi connectivity index (χ0v) is 14.5. The van der Waals surface area contributed by atoms with E-state index in [1.54, 1.807) is 18.5 Å². The second-order valence-corrected chi connectivity index (χ2v) is 6.41. The van der Waals surface area contributed by atoms with Gasteiger partial charge in [0.2, 0.25) is 0 Å². The van der Waals surface area contributed by atoms with Gasteiger partial charge in [0, 0.05) is 49.4 Å². The lowest BCUT2D eigenvalue weighted by Gasteiger charge is -2.37. The molecule has 0 atom stereocenters. The minimum Gasteiger partial charge on any atom is -0.368 e. The molecule has 2 heterocycles. The van der Waals surface area contributed by atoms with Gasteiger partial charge in [-0.3, -0.25) is 10.1 Å². The van der Waals surface area contributed by atoms with Gasteiger partial charge < -0.3 is 9.80 Å². The standard InChI is InChI=1S/C19H19N5O2/c1-14-3-2-4-17-18(14)19(21-13-20-17)23-11-9-22(10-12-23)15-5-7-16(8-6-15)24(25)26/h2-8,13H,9-12H2,1H3. The van der Waals surface area contributed by atoms with Crippen molar-refractivity contribution in [3.63, 3.8) is 0 Å². The molecule has 4 rings (SSSR count). The highest BCUT2D eigenvalue weighted by Crippen LogP contribution is 2.28. The lowest BCUT2D eigenvalue weighted by Crippen LogP contribution is -2.47. The van der Waals surface area contributed by atoms with E-state index in [9.17, 15) is 10.1 Å². The SMILES string of the molecule is Cc1cccc2ncnc(N3CCN(c4ccc([N+](=O)[O-])cc4)CC3)c12. The molecule has 1 aromatic heterocycles. The molecular formula is C19H19N5O2. The molecule has 26 heavy (non-hydrogen) atoms. The van der Waals surface area contributed by atoms with Crippen molar-refractivity contribution >= 4 is 28.1 Å². The maximum absolute atomic E-state index is 10.8. The van der Waals surface area contributed by atoms with Crippen LogP contribution in [0.4, 0.5) is 17.2 Å². The molecule has 0 amide bonds. The first-order valence-electron chi connectivity index (χ1n) is 8.58. The smallest absolute Gasteiger partial charge is 0.269 e. The van der Waals surface area contributed by atoms with Crippen molar-refractivity contribution in [2.75, 3.05) is 36.0 Å². The summed E-state index contributed by atoms with van der Waals surface area (Å²) in [5, 5.41) is 11.9. The predicted octanol–water partition coefficient (Wildman–Crippen LogP) is 3.17. The summed E-state index contributed by atoms with van der Waals surface area (Å²) in [7, 11) is 0. The van der Waals surface area contributed by atoms with Gasteiger partial charge in [0.1, 0.15) is 12.1 Å². The molecule has 7 heteroatoms. The van der Waals surface area contributed by atoms with Gasteiger partial charge in [-0.15, -0.1) is 0 Å². The van der Waals surface area contributed by atoms with Gasteiger partial charge in [0.25, 0.3) is 5.69 Å². The summed E-state index contributed by atoms with van der Waals surface area (Å²) >= 11 is 0. The Morgan fingerprint density at radius 3 is 2.35 bits per heavy atom. The zero-order chi connectivity index (χ0) is 18.1. The van der Waals surface area contributed by atoms with Crippen LogP contribution < -0.4 is 9.80 Å². The number of hydrogen-bond acceptors (Lipinski definition) is 6. The minimum atomic E-state index is -0.371. The summed E-state index contributed by atoms with van der Waals surface area (Å²) in [5.74, 6) is 0.983. The van der Waals surface area contributed by atoms with Crippen LogP contribution in [0.3, 0.4) is 0 Å². The van der Waals surface area contributed by atoms with Crippen molar-refractivity contribution in [3.8, 4) is 0 Å². The summed E-state index contributed by atoms with van der Waals surface area (Å²) in [6.45, 7) is 5.46. The molecule has 0 radical (unpaired) electrons. The quantitative estimate of drug-likeness (QED) is 0.534. The van der Waals surface area contributed by atoms with E-state index in [0.29, 0.717) is 0 Å². The predicted molar refractivity (Wildman–Crippen MR) is 102 cm³/mol. The highest BCUT2D eigenvalue weighted by Gasteiger charge is 2.21. The second kappa shape index (κ2) is 6.59. The molecule has 0 bridgehead atoms. The minimum absolute atomic E-state index is 0.121. The Bertz CT molecular complexity index is 945. The van der Waals surface area contributed by atoms with Crippen molar-refractivity contribution in [2.45, 2.75) is 6.92 Å². The molecule has 0 saturated carbocycles. The van der Waals surface area contributed by atoms with E-state index >= 15 is 0 Å². The second-order valence-electron chi connectivity index (χ2n) is 6.41. The highest BCUT2D eigenvalue weighted by atomic mass is 16.6. The largest absolute Gasteiger partial charge is 0.368 e. The molecule has 0 unspecified atom stereocenters. The fourth-order valence-electron chi connectivity index (χ4n) is 3.46. The van der Waals surface area contributed by atoms with Crippen LogP contribution in [0, 0.1) is 17.0 Å². The fraction of sp³-hybridized carbons (Fsp3) is 0.263. The molecule has 0 N–H and O–H groups in total. The number of nitro benzene ring substituents is 1. The van der Waals surface area contributed by atoms with Gasteiger partial charge in [-0.1, -0.05) is 12.1 Å². The number of non-ortho nitro benzene ring substituents is 1. The average molecular weight is 349 g/mol. The first kappa shape index (κ1) is 16.3. The van der Waals surface area contributed by atoms with E-state index < -0.39 is 0 Å². The summed E-state index contributed by atoms with van der Waals surface area (Å²) < 4.78 is 0. The molecule has 0 aliphatic carbocycles. The van der Waals surface area contributed by atoms with Crippen molar-refractivity contribution in [1.29, 1.82) is 0 Å². The monoisotopic (exact) mass is 349 g/mol. The topological polar surface area (TPSA) is 75.4 Å².